The number of halogens is 3. The number of rotatable bonds is 1. The monoisotopic (exact) mass is 345 g/mol. The van der Waals surface area contributed by atoms with Crippen molar-refractivity contribution < 1.29 is 0 Å². The Hall–Kier alpha value is 0.680. The van der Waals surface area contributed by atoms with Crippen LogP contribution in [0, 0.1) is 3.57 Å². The van der Waals surface area contributed by atoms with Crippen LogP contribution in [0.5, 0.6) is 0 Å². The summed E-state index contributed by atoms with van der Waals surface area (Å²) in [7, 11) is 0. The molecule has 60 valence electrons. The summed E-state index contributed by atoms with van der Waals surface area (Å²) in [4.78, 5) is 0. The van der Waals surface area contributed by atoms with Crippen molar-refractivity contribution >= 4 is 50.1 Å². The van der Waals surface area contributed by atoms with Crippen molar-refractivity contribution in [1.82, 2.24) is 0 Å². The summed E-state index contributed by atoms with van der Waals surface area (Å²) >= 11 is 11.5. The van der Waals surface area contributed by atoms with E-state index in [9.17, 15) is 0 Å². The maximum absolute atomic E-state index is 5.90. The molecule has 0 saturated heterocycles. The number of benzene rings is 1. The van der Waals surface area contributed by atoms with Gasteiger partial charge in [0, 0.05) is 19.6 Å². The Morgan fingerprint density at radius 2 is 2.18 bits per heavy atom. The van der Waals surface area contributed by atoms with E-state index in [0.29, 0.717) is 6.54 Å². The molecule has 1 aromatic carbocycles. The maximum Gasteiger partial charge on any atom is 0.0462 e. The first-order valence-electron chi connectivity index (χ1n) is 2.99. The van der Waals surface area contributed by atoms with Crippen LogP contribution >= 0.6 is 50.1 Å². The molecule has 0 aromatic heterocycles. The summed E-state index contributed by atoms with van der Waals surface area (Å²) in [5, 5.41) is 0.736. The fourth-order valence-corrected chi connectivity index (χ4v) is 2.21. The van der Waals surface area contributed by atoms with E-state index in [1.165, 1.54) is 0 Å². The van der Waals surface area contributed by atoms with Gasteiger partial charge in [0.05, 0.1) is 0 Å². The second-order valence-electron chi connectivity index (χ2n) is 2.03. The standard InChI is InChI=1S/C7H6BrClIN/c8-5-1-2-6(9)4(3-11)7(5)10/h1-2H,3,11H2. The van der Waals surface area contributed by atoms with Gasteiger partial charge >= 0.3 is 0 Å². The molecular weight excluding hydrogens is 340 g/mol. The van der Waals surface area contributed by atoms with Crippen molar-refractivity contribution in [2.24, 2.45) is 5.73 Å². The first-order valence-corrected chi connectivity index (χ1v) is 5.24. The van der Waals surface area contributed by atoms with Gasteiger partial charge in [-0.05, 0) is 56.2 Å². The molecule has 1 nitrogen and oxygen atoms in total. The smallest absolute Gasteiger partial charge is 0.0462 e. The molecule has 0 heterocycles. The molecule has 0 aliphatic rings. The summed E-state index contributed by atoms with van der Waals surface area (Å²) in [6, 6.07) is 3.76. The lowest BCUT2D eigenvalue weighted by Crippen LogP contribution is -2.00. The molecule has 1 rings (SSSR count). The van der Waals surface area contributed by atoms with Crippen molar-refractivity contribution in [3.8, 4) is 0 Å². The Bertz CT molecular complexity index is 277. The Morgan fingerprint density at radius 3 is 2.64 bits per heavy atom. The highest BCUT2D eigenvalue weighted by molar-refractivity contribution is 14.1. The third kappa shape index (κ3) is 2.08. The maximum atomic E-state index is 5.90. The summed E-state index contributed by atoms with van der Waals surface area (Å²) in [6.07, 6.45) is 0. The molecule has 0 atom stereocenters. The first-order chi connectivity index (χ1) is 5.16. The van der Waals surface area contributed by atoms with E-state index in [-0.39, 0.29) is 0 Å². The zero-order valence-electron chi connectivity index (χ0n) is 5.57. The number of hydrogen-bond acceptors (Lipinski definition) is 1. The van der Waals surface area contributed by atoms with E-state index in [1.807, 2.05) is 12.1 Å². The largest absolute Gasteiger partial charge is 0.326 e. The molecule has 0 radical (unpaired) electrons. The minimum atomic E-state index is 0.483. The fraction of sp³-hybridized carbons (Fsp3) is 0.143. The van der Waals surface area contributed by atoms with Gasteiger partial charge in [-0.3, -0.25) is 0 Å². The van der Waals surface area contributed by atoms with Gasteiger partial charge in [-0.25, -0.2) is 0 Å². The first kappa shape index (κ1) is 9.77. The lowest BCUT2D eigenvalue weighted by Gasteiger charge is -2.05. The SMILES string of the molecule is NCc1c(Cl)ccc(Br)c1I. The molecule has 0 bridgehead atoms. The van der Waals surface area contributed by atoms with Gasteiger partial charge < -0.3 is 5.73 Å². The van der Waals surface area contributed by atoms with Gasteiger partial charge in [0.1, 0.15) is 0 Å². The van der Waals surface area contributed by atoms with Crippen LogP contribution in [0.1, 0.15) is 5.56 Å². The van der Waals surface area contributed by atoms with E-state index in [0.717, 1.165) is 18.6 Å². The second kappa shape index (κ2) is 4.07. The molecule has 4 heteroatoms. The summed E-state index contributed by atoms with van der Waals surface area (Å²) in [6.45, 7) is 0.483. The van der Waals surface area contributed by atoms with E-state index < -0.39 is 0 Å². The average Bonchev–Trinajstić information content (AvgIpc) is 1.99. The van der Waals surface area contributed by atoms with Crippen LogP contribution in [0.15, 0.2) is 16.6 Å². The Balaban J connectivity index is 3.29. The van der Waals surface area contributed by atoms with Crippen LogP contribution in [0.4, 0.5) is 0 Å². The van der Waals surface area contributed by atoms with E-state index in [2.05, 4.69) is 38.5 Å². The Kier molecular flexibility index (Phi) is 3.61. The van der Waals surface area contributed by atoms with Gasteiger partial charge in [0.2, 0.25) is 0 Å². The van der Waals surface area contributed by atoms with E-state index in [4.69, 9.17) is 17.3 Å². The van der Waals surface area contributed by atoms with Gasteiger partial charge in [0.25, 0.3) is 0 Å². The van der Waals surface area contributed by atoms with E-state index in [1.54, 1.807) is 0 Å². The quantitative estimate of drug-likeness (QED) is 0.613. The summed E-state index contributed by atoms with van der Waals surface area (Å²) < 4.78 is 2.14. The Morgan fingerprint density at radius 1 is 1.55 bits per heavy atom. The normalized spacial score (nSPS) is 10.2. The molecule has 0 fully saturated rings. The van der Waals surface area contributed by atoms with Crippen molar-refractivity contribution in [3.05, 3.63) is 30.8 Å². The lowest BCUT2D eigenvalue weighted by atomic mass is 10.2. The third-order valence-electron chi connectivity index (χ3n) is 1.34. The average molecular weight is 346 g/mol. The minimum absolute atomic E-state index is 0.483. The minimum Gasteiger partial charge on any atom is -0.326 e. The Labute approximate surface area is 92.6 Å². The van der Waals surface area contributed by atoms with Gasteiger partial charge in [-0.15, -0.1) is 0 Å². The molecule has 0 spiro atoms. The van der Waals surface area contributed by atoms with Crippen molar-refractivity contribution in [2.45, 2.75) is 6.54 Å². The summed E-state index contributed by atoms with van der Waals surface area (Å²) in [5.74, 6) is 0. The number of nitrogens with two attached hydrogens (primary N) is 1. The van der Waals surface area contributed by atoms with Crippen LogP contribution in [0.25, 0.3) is 0 Å². The van der Waals surface area contributed by atoms with Gasteiger partial charge in [-0.2, -0.15) is 0 Å². The molecule has 1 aromatic rings. The van der Waals surface area contributed by atoms with Crippen LogP contribution < -0.4 is 5.73 Å². The fourth-order valence-electron chi connectivity index (χ4n) is 0.756. The van der Waals surface area contributed by atoms with Crippen LogP contribution in [0.2, 0.25) is 5.02 Å². The third-order valence-corrected chi connectivity index (χ3v) is 4.33. The highest BCUT2D eigenvalue weighted by Gasteiger charge is 2.05. The molecule has 0 amide bonds. The van der Waals surface area contributed by atoms with Crippen molar-refractivity contribution in [1.29, 1.82) is 0 Å². The molecule has 0 saturated carbocycles. The molecule has 0 aliphatic carbocycles. The van der Waals surface area contributed by atoms with E-state index >= 15 is 0 Å². The molecule has 11 heavy (non-hydrogen) atoms. The predicted molar refractivity (Wildman–Crippen MR) is 59.8 cm³/mol. The van der Waals surface area contributed by atoms with Gasteiger partial charge in [0.15, 0.2) is 0 Å². The van der Waals surface area contributed by atoms with Crippen molar-refractivity contribution in [3.63, 3.8) is 0 Å². The number of hydrogen-bond donors (Lipinski definition) is 1. The molecule has 2 N–H and O–H groups in total. The summed E-state index contributed by atoms with van der Waals surface area (Å²) in [5.41, 5.74) is 6.51. The highest BCUT2D eigenvalue weighted by Crippen LogP contribution is 2.27. The van der Waals surface area contributed by atoms with Crippen molar-refractivity contribution in [2.75, 3.05) is 0 Å². The van der Waals surface area contributed by atoms with Gasteiger partial charge in [-0.1, -0.05) is 11.6 Å². The zero-order valence-corrected chi connectivity index (χ0v) is 10.1. The topological polar surface area (TPSA) is 26.0 Å². The highest BCUT2D eigenvalue weighted by atomic mass is 127. The van der Waals surface area contributed by atoms with Crippen LogP contribution in [0.3, 0.4) is 0 Å². The van der Waals surface area contributed by atoms with Crippen LogP contribution in [-0.4, -0.2) is 0 Å². The molecule has 0 unspecified atom stereocenters. The molecular formula is C7H6BrClIN. The lowest BCUT2D eigenvalue weighted by molar-refractivity contribution is 1.06. The second-order valence-corrected chi connectivity index (χ2v) is 4.37. The van der Waals surface area contributed by atoms with Crippen LogP contribution in [-0.2, 0) is 6.54 Å². The zero-order chi connectivity index (χ0) is 8.43. The molecule has 0 aliphatic heterocycles. The predicted octanol–water partition coefficient (Wildman–Crippen LogP) is 3.17.